The third-order valence-electron chi connectivity index (χ3n) is 5.82. The Morgan fingerprint density at radius 2 is 2.32 bits per heavy atom. The summed E-state index contributed by atoms with van der Waals surface area (Å²) in [5.74, 6) is 1.38. The predicted molar refractivity (Wildman–Crippen MR) is 113 cm³/mol. The van der Waals surface area contributed by atoms with Gasteiger partial charge in [0.05, 0.1) is 31.0 Å². The van der Waals surface area contributed by atoms with Crippen molar-refractivity contribution in [3.63, 3.8) is 0 Å². The lowest BCUT2D eigenvalue weighted by molar-refractivity contribution is -0.130. The van der Waals surface area contributed by atoms with E-state index in [0.717, 1.165) is 0 Å². The molecule has 1 aromatic carbocycles. The number of aromatic nitrogens is 1. The number of methoxy groups -OCH3 is 1. The zero-order chi connectivity index (χ0) is 22.8. The van der Waals surface area contributed by atoms with Crippen LogP contribution in [0.15, 0.2) is 24.3 Å². The van der Waals surface area contributed by atoms with Gasteiger partial charge in [-0.2, -0.15) is 5.26 Å². The van der Waals surface area contributed by atoms with E-state index in [1.807, 2.05) is 6.19 Å². The number of ether oxygens (including phenoxy) is 1. The minimum atomic E-state index is -1.77. The minimum Gasteiger partial charge on any atom is -0.496 e. The van der Waals surface area contributed by atoms with Gasteiger partial charge >= 0.3 is 0 Å². The second-order valence-electron chi connectivity index (χ2n) is 7.40. The van der Waals surface area contributed by atoms with Crippen molar-refractivity contribution in [2.75, 3.05) is 13.7 Å². The van der Waals surface area contributed by atoms with Crippen LogP contribution in [0.1, 0.15) is 30.3 Å². The van der Waals surface area contributed by atoms with E-state index in [2.05, 4.69) is 11.2 Å². The number of nitrogens with two attached hydrogens (primary N) is 1. The summed E-state index contributed by atoms with van der Waals surface area (Å²) in [5, 5.41) is 13.4. The van der Waals surface area contributed by atoms with Gasteiger partial charge < -0.3 is 20.4 Å². The molecule has 0 bridgehead atoms. The maximum atomic E-state index is 12.7. The maximum Gasteiger partial charge on any atom is 0.265 e. The van der Waals surface area contributed by atoms with Crippen molar-refractivity contribution in [2.45, 2.75) is 31.5 Å². The van der Waals surface area contributed by atoms with Gasteiger partial charge in [0.15, 0.2) is 18.1 Å². The lowest BCUT2D eigenvalue weighted by atomic mass is 9.94. The van der Waals surface area contributed by atoms with E-state index < -0.39 is 23.5 Å². The molecule has 0 aliphatic carbocycles. The predicted octanol–water partition coefficient (Wildman–Crippen LogP) is 0.931. The fraction of sp³-hybridized carbons (Fsp3) is 0.364. The Labute approximate surface area is 179 Å². The first kappa shape index (κ1) is 21.7. The number of terminal acetylenes is 1. The average Bonchev–Trinajstić information content (AvgIpc) is 3.37. The number of amides is 2. The number of nitrogens with one attached hydrogen (secondary N) is 1. The van der Waals surface area contributed by atoms with Gasteiger partial charge in [0.2, 0.25) is 5.91 Å². The van der Waals surface area contributed by atoms with E-state index in [1.165, 1.54) is 22.6 Å². The molecule has 1 aromatic heterocycles. The van der Waals surface area contributed by atoms with E-state index in [0.29, 0.717) is 35.9 Å². The molecule has 3 N–H and O–H groups in total. The molecule has 2 heterocycles. The number of fused-ring (bicyclic) bond motifs is 1. The van der Waals surface area contributed by atoms with Crippen LogP contribution in [0.5, 0.6) is 5.75 Å². The third kappa shape index (κ3) is 3.34. The van der Waals surface area contributed by atoms with Crippen LogP contribution in [0.25, 0.3) is 10.9 Å². The number of nitrogens with zero attached hydrogens (tertiary/aromatic N) is 3. The number of aldehydes is 1. The van der Waals surface area contributed by atoms with Crippen LogP contribution < -0.4 is 15.8 Å². The molecule has 3 rings (SSSR count). The highest BCUT2D eigenvalue weighted by molar-refractivity contribution is 6.00. The molecule has 1 saturated heterocycles. The Hall–Kier alpha value is -3.98. The van der Waals surface area contributed by atoms with E-state index in [4.69, 9.17) is 16.9 Å². The smallest absolute Gasteiger partial charge is 0.265 e. The number of benzene rings is 1. The Morgan fingerprint density at radius 3 is 2.84 bits per heavy atom. The zero-order valence-electron chi connectivity index (χ0n) is 17.3. The van der Waals surface area contributed by atoms with E-state index in [-0.39, 0.29) is 18.0 Å². The van der Waals surface area contributed by atoms with Crippen LogP contribution in [0, 0.1) is 29.7 Å². The fourth-order valence-corrected chi connectivity index (χ4v) is 4.34. The molecule has 1 aliphatic rings. The van der Waals surface area contributed by atoms with E-state index in [9.17, 15) is 19.6 Å². The highest BCUT2D eigenvalue weighted by Crippen LogP contribution is 2.38. The number of carbonyl (C=O) groups excluding carboxylic acids is 3. The van der Waals surface area contributed by atoms with Crippen LogP contribution in [0.3, 0.4) is 0 Å². The second-order valence-corrected chi connectivity index (χ2v) is 7.40. The van der Waals surface area contributed by atoms with Crippen molar-refractivity contribution in [1.82, 2.24) is 14.8 Å². The van der Waals surface area contributed by atoms with Gasteiger partial charge in [-0.3, -0.25) is 19.3 Å². The highest BCUT2D eigenvalue weighted by atomic mass is 16.5. The van der Waals surface area contributed by atoms with Crippen molar-refractivity contribution in [2.24, 2.45) is 11.7 Å². The zero-order valence-corrected chi connectivity index (χ0v) is 17.3. The van der Waals surface area contributed by atoms with Gasteiger partial charge in [-0.15, -0.1) is 12.3 Å². The van der Waals surface area contributed by atoms with Gasteiger partial charge in [0.1, 0.15) is 11.4 Å². The van der Waals surface area contributed by atoms with Gasteiger partial charge in [0.25, 0.3) is 5.91 Å². The van der Waals surface area contributed by atoms with Crippen LogP contribution in [-0.4, -0.2) is 47.3 Å². The molecule has 0 unspecified atom stereocenters. The van der Waals surface area contributed by atoms with Crippen molar-refractivity contribution < 1.29 is 19.1 Å². The quantitative estimate of drug-likeness (QED) is 0.282. The first-order valence-electron chi connectivity index (χ1n) is 9.71. The van der Waals surface area contributed by atoms with Crippen molar-refractivity contribution in [3.05, 3.63) is 30.0 Å². The van der Waals surface area contributed by atoms with Crippen molar-refractivity contribution in [3.8, 4) is 24.3 Å². The molecule has 0 spiro atoms. The number of carbonyl (C=O) groups is 3. The number of rotatable bonds is 8. The monoisotopic (exact) mass is 421 g/mol. The lowest BCUT2D eigenvalue weighted by Crippen LogP contribution is -2.56. The molecule has 160 valence electrons. The SMILES string of the molecule is C#CC[C@@](C=O)(N(C#N)[C@@H](C)[C@@H]1CCNC1=O)n1c(C(N)=O)cc2c(OC)cccc21. The molecule has 2 aromatic rings. The van der Waals surface area contributed by atoms with Crippen LogP contribution in [-0.2, 0) is 15.3 Å². The summed E-state index contributed by atoms with van der Waals surface area (Å²) >= 11 is 0. The van der Waals surface area contributed by atoms with Gasteiger partial charge in [0, 0.05) is 11.9 Å². The highest BCUT2D eigenvalue weighted by Gasteiger charge is 2.47. The first-order chi connectivity index (χ1) is 14.9. The summed E-state index contributed by atoms with van der Waals surface area (Å²) in [5.41, 5.74) is 4.31. The molecule has 3 atom stereocenters. The number of nitriles is 1. The van der Waals surface area contributed by atoms with Gasteiger partial charge in [-0.25, -0.2) is 0 Å². The molecule has 9 heteroatoms. The van der Waals surface area contributed by atoms with Crippen molar-refractivity contribution in [1.29, 1.82) is 5.26 Å². The molecule has 9 nitrogen and oxygen atoms in total. The summed E-state index contributed by atoms with van der Waals surface area (Å²) in [6.45, 7) is 2.16. The summed E-state index contributed by atoms with van der Waals surface area (Å²) < 4.78 is 6.77. The fourth-order valence-electron chi connectivity index (χ4n) is 4.34. The Balaban J connectivity index is 2.34. The first-order valence-corrected chi connectivity index (χ1v) is 9.71. The van der Waals surface area contributed by atoms with Gasteiger partial charge in [-0.05, 0) is 31.5 Å². The van der Waals surface area contributed by atoms with E-state index >= 15 is 0 Å². The Kier molecular flexibility index (Phi) is 5.89. The molecular formula is C22H23N5O4. The van der Waals surface area contributed by atoms with Crippen LogP contribution >= 0.6 is 0 Å². The topological polar surface area (TPSA) is 130 Å². The molecule has 0 radical (unpaired) electrons. The lowest BCUT2D eigenvalue weighted by Gasteiger charge is -2.42. The average molecular weight is 421 g/mol. The van der Waals surface area contributed by atoms with E-state index in [1.54, 1.807) is 25.1 Å². The normalized spacial score (nSPS) is 18.3. The molecular weight excluding hydrogens is 398 g/mol. The summed E-state index contributed by atoms with van der Waals surface area (Å²) in [6.07, 6.45) is 8.47. The Morgan fingerprint density at radius 1 is 1.58 bits per heavy atom. The third-order valence-corrected chi connectivity index (χ3v) is 5.82. The minimum absolute atomic E-state index is 0.00910. The standard InChI is InChI=1S/C22H23N5O4/c1-4-9-22(12-28,26(13-23)14(2)15-8-10-25-21(15)30)27-17-6-5-7-19(31-3)16(17)11-18(27)20(24)29/h1,5-7,11-12,14-15H,8-10H2,2-3H3,(H2,24,29)(H,25,30)/t14-,15-,22+/m0/s1. The molecule has 1 fully saturated rings. The number of hydrogen-bond acceptors (Lipinski definition) is 6. The molecule has 2 amide bonds. The summed E-state index contributed by atoms with van der Waals surface area (Å²) in [6, 6.07) is 5.91. The van der Waals surface area contributed by atoms with Gasteiger partial charge in [-0.1, -0.05) is 6.07 Å². The second kappa shape index (κ2) is 8.41. The molecule has 1 aliphatic heterocycles. The number of primary amides is 1. The molecule has 0 saturated carbocycles. The largest absolute Gasteiger partial charge is 0.496 e. The summed E-state index contributed by atoms with van der Waals surface area (Å²) in [7, 11) is 1.48. The van der Waals surface area contributed by atoms with Crippen LogP contribution in [0.4, 0.5) is 0 Å². The number of hydrogen-bond donors (Lipinski definition) is 2. The summed E-state index contributed by atoms with van der Waals surface area (Å²) in [4.78, 5) is 38.6. The van der Waals surface area contributed by atoms with Crippen molar-refractivity contribution >= 4 is 29.0 Å². The van der Waals surface area contributed by atoms with Crippen LogP contribution in [0.2, 0.25) is 0 Å². The Bertz CT molecular complexity index is 1130. The maximum absolute atomic E-state index is 12.7. The molecule has 31 heavy (non-hydrogen) atoms.